The van der Waals surface area contributed by atoms with Gasteiger partial charge >= 0.3 is 0 Å². The van der Waals surface area contributed by atoms with Crippen molar-refractivity contribution in [2.75, 3.05) is 15.9 Å². The van der Waals surface area contributed by atoms with Crippen molar-refractivity contribution in [3.05, 3.63) is 59.2 Å². The third-order valence-corrected chi connectivity index (χ3v) is 6.17. The summed E-state index contributed by atoms with van der Waals surface area (Å²) in [5.41, 5.74) is 2.57. The second-order valence-corrected chi connectivity index (χ2v) is 10.8. The van der Waals surface area contributed by atoms with Crippen LogP contribution < -0.4 is 14.9 Å². The number of benzene rings is 2. The second kappa shape index (κ2) is 9.73. The smallest absolute Gasteiger partial charge is 0.253 e. The molecule has 0 aliphatic rings. The SMILES string of the molecule is CC[C@H](C(=O)Nc1ccccc1C(=O)NC(C)(C)C)N(c1ccc(C)c(C)c1)S(C)(=O)=O. The highest BCUT2D eigenvalue weighted by Crippen LogP contribution is 2.26. The largest absolute Gasteiger partial charge is 0.347 e. The van der Waals surface area contributed by atoms with E-state index in [4.69, 9.17) is 0 Å². The van der Waals surface area contributed by atoms with Crippen molar-refractivity contribution in [1.29, 1.82) is 0 Å². The predicted molar refractivity (Wildman–Crippen MR) is 130 cm³/mol. The van der Waals surface area contributed by atoms with Crippen LogP contribution in [0, 0.1) is 13.8 Å². The van der Waals surface area contributed by atoms with Crippen LogP contribution in [0.4, 0.5) is 11.4 Å². The summed E-state index contributed by atoms with van der Waals surface area (Å²) in [4.78, 5) is 26.0. The number of carbonyl (C=O) groups excluding carboxylic acids is 2. The second-order valence-electron chi connectivity index (χ2n) is 8.99. The molecule has 0 aromatic heterocycles. The molecule has 0 unspecified atom stereocenters. The lowest BCUT2D eigenvalue weighted by molar-refractivity contribution is -0.117. The van der Waals surface area contributed by atoms with Crippen LogP contribution in [0.2, 0.25) is 0 Å². The van der Waals surface area contributed by atoms with Gasteiger partial charge in [0.25, 0.3) is 5.91 Å². The number of nitrogens with zero attached hydrogens (tertiary/aromatic N) is 1. The van der Waals surface area contributed by atoms with E-state index < -0.39 is 27.5 Å². The van der Waals surface area contributed by atoms with Crippen LogP contribution in [0.15, 0.2) is 42.5 Å². The molecule has 0 fully saturated rings. The Hall–Kier alpha value is -2.87. The Kier molecular flexibility index (Phi) is 7.72. The first-order chi connectivity index (χ1) is 14.7. The molecule has 0 spiro atoms. The van der Waals surface area contributed by atoms with E-state index in [2.05, 4.69) is 10.6 Å². The molecule has 0 heterocycles. The maximum Gasteiger partial charge on any atom is 0.253 e. The van der Waals surface area contributed by atoms with Crippen molar-refractivity contribution in [1.82, 2.24) is 5.32 Å². The van der Waals surface area contributed by atoms with E-state index >= 15 is 0 Å². The lowest BCUT2D eigenvalue weighted by Crippen LogP contribution is -2.47. The molecule has 0 saturated carbocycles. The Bertz CT molecular complexity index is 1100. The third-order valence-electron chi connectivity index (χ3n) is 4.99. The number of hydrogen-bond donors (Lipinski definition) is 2. The number of amides is 2. The van der Waals surface area contributed by atoms with Gasteiger partial charge in [-0.25, -0.2) is 8.42 Å². The Morgan fingerprint density at radius 2 is 1.66 bits per heavy atom. The molecule has 2 aromatic rings. The Balaban J connectivity index is 2.42. The highest BCUT2D eigenvalue weighted by Gasteiger charge is 2.32. The maximum atomic E-state index is 13.3. The molecule has 0 aliphatic carbocycles. The summed E-state index contributed by atoms with van der Waals surface area (Å²) in [5, 5.41) is 5.65. The maximum absolute atomic E-state index is 13.3. The first-order valence-corrected chi connectivity index (χ1v) is 12.4. The van der Waals surface area contributed by atoms with E-state index in [9.17, 15) is 18.0 Å². The average molecular weight is 460 g/mol. The molecule has 2 N–H and O–H groups in total. The summed E-state index contributed by atoms with van der Waals surface area (Å²) in [6, 6.07) is 11.0. The fourth-order valence-electron chi connectivity index (χ4n) is 3.34. The molecule has 1 atom stereocenters. The molecule has 0 saturated heterocycles. The van der Waals surface area contributed by atoms with Crippen LogP contribution in [0.5, 0.6) is 0 Å². The minimum atomic E-state index is -3.75. The van der Waals surface area contributed by atoms with Gasteiger partial charge in [-0.15, -0.1) is 0 Å². The van der Waals surface area contributed by atoms with Crippen molar-refractivity contribution in [2.24, 2.45) is 0 Å². The standard InChI is InChI=1S/C24H33N3O4S/c1-8-21(27(32(7,30)31)18-14-13-16(2)17(3)15-18)23(29)25-20-12-10-9-11-19(20)22(28)26-24(4,5)6/h9-15,21H,8H2,1-7H3,(H,25,29)(H,26,28)/t21-/m1/s1. The normalized spacial score (nSPS) is 12.7. The van der Waals surface area contributed by atoms with Gasteiger partial charge in [0, 0.05) is 5.54 Å². The third kappa shape index (κ3) is 6.32. The van der Waals surface area contributed by atoms with E-state index in [0.29, 0.717) is 16.9 Å². The number of aryl methyl sites for hydroxylation is 2. The molecular weight excluding hydrogens is 426 g/mol. The molecule has 2 rings (SSSR count). The summed E-state index contributed by atoms with van der Waals surface area (Å²) in [6.07, 6.45) is 1.34. The molecule has 2 aromatic carbocycles. The van der Waals surface area contributed by atoms with Gasteiger partial charge < -0.3 is 10.6 Å². The van der Waals surface area contributed by atoms with Crippen molar-refractivity contribution >= 4 is 33.2 Å². The monoisotopic (exact) mass is 459 g/mol. The van der Waals surface area contributed by atoms with E-state index in [-0.39, 0.29) is 12.3 Å². The molecule has 0 aliphatic heterocycles. The summed E-state index contributed by atoms with van der Waals surface area (Å²) < 4.78 is 26.5. The van der Waals surface area contributed by atoms with Gasteiger partial charge in [-0.2, -0.15) is 0 Å². The Morgan fingerprint density at radius 1 is 1.03 bits per heavy atom. The first kappa shape index (κ1) is 25.4. The molecular formula is C24H33N3O4S. The number of nitrogens with one attached hydrogen (secondary N) is 2. The zero-order valence-corrected chi connectivity index (χ0v) is 20.6. The lowest BCUT2D eigenvalue weighted by Gasteiger charge is -2.30. The molecule has 7 nitrogen and oxygen atoms in total. The summed E-state index contributed by atoms with van der Waals surface area (Å²) >= 11 is 0. The highest BCUT2D eigenvalue weighted by atomic mass is 32.2. The molecule has 8 heteroatoms. The number of rotatable bonds is 7. The van der Waals surface area contributed by atoms with Crippen molar-refractivity contribution < 1.29 is 18.0 Å². The van der Waals surface area contributed by atoms with Crippen LogP contribution in [-0.2, 0) is 14.8 Å². The van der Waals surface area contributed by atoms with E-state index in [1.807, 2.05) is 40.7 Å². The van der Waals surface area contributed by atoms with E-state index in [1.165, 1.54) is 0 Å². The van der Waals surface area contributed by atoms with Crippen molar-refractivity contribution in [3.63, 3.8) is 0 Å². The summed E-state index contributed by atoms with van der Waals surface area (Å²) in [6.45, 7) is 11.2. The minimum absolute atomic E-state index is 0.252. The van der Waals surface area contributed by atoms with Crippen LogP contribution in [0.1, 0.15) is 55.6 Å². The van der Waals surface area contributed by atoms with Crippen molar-refractivity contribution in [2.45, 2.75) is 59.5 Å². The van der Waals surface area contributed by atoms with Gasteiger partial charge in [-0.05, 0) is 76.4 Å². The molecule has 174 valence electrons. The summed E-state index contributed by atoms with van der Waals surface area (Å²) in [5.74, 6) is -0.831. The Labute approximate surface area is 191 Å². The average Bonchev–Trinajstić information content (AvgIpc) is 2.66. The number of sulfonamides is 1. The van der Waals surface area contributed by atoms with Crippen LogP contribution in [0.25, 0.3) is 0 Å². The number of para-hydroxylation sites is 1. The van der Waals surface area contributed by atoms with Gasteiger partial charge in [0.05, 0.1) is 23.2 Å². The quantitative estimate of drug-likeness (QED) is 0.654. The van der Waals surface area contributed by atoms with Gasteiger partial charge in [0.15, 0.2) is 0 Å². The molecule has 2 amide bonds. The van der Waals surface area contributed by atoms with Gasteiger partial charge in [-0.1, -0.05) is 25.1 Å². The van der Waals surface area contributed by atoms with Gasteiger partial charge in [-0.3, -0.25) is 13.9 Å². The summed E-state index contributed by atoms with van der Waals surface area (Å²) in [7, 11) is -3.75. The minimum Gasteiger partial charge on any atom is -0.347 e. The number of carbonyl (C=O) groups is 2. The zero-order valence-electron chi connectivity index (χ0n) is 19.8. The first-order valence-electron chi connectivity index (χ1n) is 10.5. The van der Waals surface area contributed by atoms with E-state index in [0.717, 1.165) is 21.7 Å². The Morgan fingerprint density at radius 3 is 2.19 bits per heavy atom. The van der Waals surface area contributed by atoms with Crippen molar-refractivity contribution in [3.8, 4) is 0 Å². The highest BCUT2D eigenvalue weighted by molar-refractivity contribution is 7.92. The van der Waals surface area contributed by atoms with Crippen LogP contribution in [-0.4, -0.2) is 38.1 Å². The van der Waals surface area contributed by atoms with Gasteiger partial charge in [0.1, 0.15) is 6.04 Å². The fourth-order valence-corrected chi connectivity index (χ4v) is 4.54. The topological polar surface area (TPSA) is 95.6 Å². The molecule has 32 heavy (non-hydrogen) atoms. The zero-order chi connectivity index (χ0) is 24.3. The van der Waals surface area contributed by atoms with Crippen LogP contribution >= 0.6 is 0 Å². The van der Waals surface area contributed by atoms with E-state index in [1.54, 1.807) is 43.3 Å². The fraction of sp³-hybridized carbons (Fsp3) is 0.417. The number of hydrogen-bond acceptors (Lipinski definition) is 4. The number of anilines is 2. The van der Waals surface area contributed by atoms with Gasteiger partial charge in [0.2, 0.25) is 15.9 Å². The molecule has 0 radical (unpaired) electrons. The lowest BCUT2D eigenvalue weighted by atomic mass is 10.1. The van der Waals surface area contributed by atoms with Crippen LogP contribution in [0.3, 0.4) is 0 Å². The molecule has 0 bridgehead atoms. The predicted octanol–water partition coefficient (Wildman–Crippen LogP) is 4.02.